The first-order valence-electron chi connectivity index (χ1n) is 9.29. The van der Waals surface area contributed by atoms with Crippen LogP contribution in [0.4, 0.5) is 5.69 Å². The van der Waals surface area contributed by atoms with Crippen LogP contribution >= 0.6 is 27.7 Å². The molecule has 1 atom stereocenters. The van der Waals surface area contributed by atoms with E-state index < -0.39 is 0 Å². The van der Waals surface area contributed by atoms with Crippen molar-refractivity contribution in [1.29, 1.82) is 0 Å². The van der Waals surface area contributed by atoms with E-state index >= 15 is 0 Å². The number of carbonyl (C=O) groups is 1. The molecule has 152 valence electrons. The Morgan fingerprint density at radius 1 is 1.24 bits per heavy atom. The number of carbonyl (C=O) groups excluding carboxylic acids is 1. The highest BCUT2D eigenvalue weighted by atomic mass is 79.9. The van der Waals surface area contributed by atoms with Gasteiger partial charge < -0.3 is 14.6 Å². The van der Waals surface area contributed by atoms with Gasteiger partial charge in [0, 0.05) is 17.2 Å². The molecule has 3 aromatic rings. The van der Waals surface area contributed by atoms with Crippen molar-refractivity contribution < 1.29 is 9.53 Å². The summed E-state index contributed by atoms with van der Waals surface area (Å²) in [5.41, 5.74) is 2.02. The first-order chi connectivity index (χ1) is 14.0. The van der Waals surface area contributed by atoms with Gasteiger partial charge >= 0.3 is 0 Å². The van der Waals surface area contributed by atoms with Crippen LogP contribution < -0.4 is 10.1 Å². The molecule has 2 aromatic carbocycles. The molecule has 6 nitrogen and oxygen atoms in total. The molecule has 1 aromatic heterocycles. The van der Waals surface area contributed by atoms with Gasteiger partial charge in [0.15, 0.2) is 17.1 Å². The average molecular weight is 475 g/mol. The fourth-order valence-corrected chi connectivity index (χ4v) is 3.88. The molecule has 1 unspecified atom stereocenters. The van der Waals surface area contributed by atoms with Crippen LogP contribution in [0.25, 0.3) is 0 Å². The molecule has 0 radical (unpaired) electrons. The van der Waals surface area contributed by atoms with Gasteiger partial charge in [-0.3, -0.25) is 4.79 Å². The fraction of sp³-hybridized carbons (Fsp3) is 0.286. The Balaban J connectivity index is 1.57. The Morgan fingerprint density at radius 2 is 2.00 bits per heavy atom. The lowest BCUT2D eigenvalue weighted by Crippen LogP contribution is -2.14. The highest BCUT2D eigenvalue weighted by molar-refractivity contribution is 9.10. The van der Waals surface area contributed by atoms with Gasteiger partial charge in [0.2, 0.25) is 5.91 Å². The van der Waals surface area contributed by atoms with E-state index in [1.807, 2.05) is 54.9 Å². The second kappa shape index (κ2) is 9.93. The molecule has 0 aliphatic rings. The molecular formula is C21H23BrN4O2S. The molecule has 1 N–H and O–H groups in total. The van der Waals surface area contributed by atoms with Crippen LogP contribution in [0.3, 0.4) is 0 Å². The van der Waals surface area contributed by atoms with Crippen molar-refractivity contribution in [1.82, 2.24) is 14.8 Å². The van der Waals surface area contributed by atoms with E-state index in [1.165, 1.54) is 17.3 Å². The van der Waals surface area contributed by atoms with E-state index in [2.05, 4.69) is 50.5 Å². The summed E-state index contributed by atoms with van der Waals surface area (Å²) in [7, 11) is 1.88. The van der Waals surface area contributed by atoms with E-state index in [-0.39, 0.29) is 17.8 Å². The molecule has 3 rings (SSSR count). The fourth-order valence-electron chi connectivity index (χ4n) is 2.76. The van der Waals surface area contributed by atoms with Crippen molar-refractivity contribution in [2.75, 3.05) is 11.1 Å². The number of hydrogen-bond acceptors (Lipinski definition) is 5. The smallest absolute Gasteiger partial charge is 0.234 e. The molecule has 8 heteroatoms. The van der Waals surface area contributed by atoms with Gasteiger partial charge in [0.05, 0.1) is 5.75 Å². The molecule has 0 saturated carbocycles. The molecule has 0 aliphatic heterocycles. The van der Waals surface area contributed by atoms with Gasteiger partial charge in [-0.1, -0.05) is 52.8 Å². The van der Waals surface area contributed by atoms with Crippen molar-refractivity contribution in [2.45, 2.75) is 31.5 Å². The van der Waals surface area contributed by atoms with E-state index in [4.69, 9.17) is 4.74 Å². The maximum Gasteiger partial charge on any atom is 0.234 e. The van der Waals surface area contributed by atoms with Crippen LogP contribution in [-0.2, 0) is 18.3 Å². The van der Waals surface area contributed by atoms with Gasteiger partial charge in [-0.15, -0.1) is 10.2 Å². The lowest BCUT2D eigenvalue weighted by Gasteiger charge is -2.14. The Labute approximate surface area is 183 Å². The van der Waals surface area contributed by atoms with Crippen molar-refractivity contribution in [2.24, 2.45) is 7.05 Å². The van der Waals surface area contributed by atoms with Gasteiger partial charge in [-0.25, -0.2) is 0 Å². The normalized spacial score (nSPS) is 11.9. The number of hydrogen-bond donors (Lipinski definition) is 1. The van der Waals surface area contributed by atoms with Crippen molar-refractivity contribution in [3.8, 4) is 5.75 Å². The Morgan fingerprint density at radius 3 is 2.69 bits per heavy atom. The van der Waals surface area contributed by atoms with E-state index in [9.17, 15) is 4.79 Å². The zero-order valence-electron chi connectivity index (χ0n) is 16.6. The summed E-state index contributed by atoms with van der Waals surface area (Å²) in [6.07, 6.45) is 0.735. The second-order valence-electron chi connectivity index (χ2n) is 6.50. The first-order valence-corrected chi connectivity index (χ1v) is 11.1. The summed E-state index contributed by atoms with van der Waals surface area (Å²) in [6.45, 7) is 4.06. The van der Waals surface area contributed by atoms with Gasteiger partial charge in [-0.05, 0) is 49.2 Å². The number of thioether (sulfide) groups is 1. The van der Waals surface area contributed by atoms with Crippen molar-refractivity contribution in [3.63, 3.8) is 0 Å². The quantitative estimate of drug-likeness (QED) is 0.464. The standard InChI is InChI=1S/C21H23BrN4O2S/c1-4-15-8-10-18(11-9-15)28-14(2)20-24-25-21(26(20)3)29-13-19(27)23-17-7-5-6-16(22)12-17/h5-12,14H,4,13H2,1-3H3,(H,23,27). The number of rotatable bonds is 8. The summed E-state index contributed by atoms with van der Waals surface area (Å²) >= 11 is 4.73. The monoisotopic (exact) mass is 474 g/mol. The number of anilines is 1. The third-order valence-corrected chi connectivity index (χ3v) is 5.83. The number of amides is 1. The van der Waals surface area contributed by atoms with Crippen LogP contribution in [0.2, 0.25) is 0 Å². The van der Waals surface area contributed by atoms with Crippen molar-refractivity contribution >= 4 is 39.3 Å². The Kier molecular flexibility index (Phi) is 7.33. The predicted molar refractivity (Wildman–Crippen MR) is 119 cm³/mol. The topological polar surface area (TPSA) is 69.0 Å². The molecule has 1 heterocycles. The Bertz CT molecular complexity index is 975. The van der Waals surface area contributed by atoms with Crippen molar-refractivity contribution in [3.05, 3.63) is 64.4 Å². The maximum absolute atomic E-state index is 12.2. The van der Waals surface area contributed by atoms with Gasteiger partial charge in [0.1, 0.15) is 5.75 Å². The first kappa shape index (κ1) is 21.4. The summed E-state index contributed by atoms with van der Waals surface area (Å²) in [5.74, 6) is 1.64. The van der Waals surface area contributed by atoms with Crippen LogP contribution in [-0.4, -0.2) is 26.4 Å². The third-order valence-electron chi connectivity index (χ3n) is 4.32. The molecule has 0 spiro atoms. The molecular weight excluding hydrogens is 452 g/mol. The number of halogens is 1. The predicted octanol–water partition coefficient (Wildman–Crippen LogP) is 5.01. The van der Waals surface area contributed by atoms with Crippen LogP contribution in [0.1, 0.15) is 31.3 Å². The summed E-state index contributed by atoms with van der Waals surface area (Å²) in [6, 6.07) is 15.5. The molecule has 1 amide bonds. The molecule has 29 heavy (non-hydrogen) atoms. The summed E-state index contributed by atoms with van der Waals surface area (Å²) in [5, 5.41) is 12.0. The SMILES string of the molecule is CCc1ccc(OC(C)c2nnc(SCC(=O)Nc3cccc(Br)c3)n2C)cc1. The van der Waals surface area contributed by atoms with E-state index in [0.29, 0.717) is 11.0 Å². The highest BCUT2D eigenvalue weighted by Crippen LogP contribution is 2.24. The third kappa shape index (κ3) is 5.83. The maximum atomic E-state index is 12.2. The molecule has 0 saturated heterocycles. The number of ether oxygens (including phenoxy) is 1. The number of nitrogens with zero attached hydrogens (tertiary/aromatic N) is 3. The highest BCUT2D eigenvalue weighted by Gasteiger charge is 2.18. The van der Waals surface area contributed by atoms with E-state index in [1.54, 1.807) is 0 Å². The number of benzene rings is 2. The minimum atomic E-state index is -0.259. The van der Waals surface area contributed by atoms with Gasteiger partial charge in [0.25, 0.3) is 0 Å². The van der Waals surface area contributed by atoms with Crippen LogP contribution in [0, 0.1) is 0 Å². The zero-order chi connectivity index (χ0) is 20.8. The van der Waals surface area contributed by atoms with Crippen LogP contribution in [0.5, 0.6) is 5.75 Å². The number of nitrogens with one attached hydrogen (secondary N) is 1. The lowest BCUT2D eigenvalue weighted by molar-refractivity contribution is -0.113. The molecule has 0 aliphatic carbocycles. The van der Waals surface area contributed by atoms with Crippen LogP contribution in [0.15, 0.2) is 58.2 Å². The number of aromatic nitrogens is 3. The second-order valence-corrected chi connectivity index (χ2v) is 8.36. The average Bonchev–Trinajstić information content (AvgIpc) is 3.07. The zero-order valence-corrected chi connectivity index (χ0v) is 19.0. The lowest BCUT2D eigenvalue weighted by atomic mass is 10.2. The molecule has 0 fully saturated rings. The minimum absolute atomic E-state index is 0.0991. The minimum Gasteiger partial charge on any atom is -0.483 e. The summed E-state index contributed by atoms with van der Waals surface area (Å²) < 4.78 is 8.77. The largest absolute Gasteiger partial charge is 0.483 e. The van der Waals surface area contributed by atoms with E-state index in [0.717, 1.165) is 22.3 Å². The summed E-state index contributed by atoms with van der Waals surface area (Å²) in [4.78, 5) is 12.2. The number of aryl methyl sites for hydroxylation is 1. The Hall–Kier alpha value is -2.32. The van der Waals surface area contributed by atoms with Gasteiger partial charge in [-0.2, -0.15) is 0 Å². The molecule has 0 bridgehead atoms.